The fraction of sp³-hybridized carbons (Fsp3) is 0.364. The second-order valence-corrected chi connectivity index (χ2v) is 9.86. The number of rotatable bonds is 3. The highest BCUT2D eigenvalue weighted by Gasteiger charge is 2.57. The predicted molar refractivity (Wildman–Crippen MR) is 120 cm³/mol. The second-order valence-electron chi connectivity index (χ2n) is 8.64. The maximum atomic E-state index is 12.9. The first-order valence-electron chi connectivity index (χ1n) is 10.4. The molecule has 0 saturated carbocycles. The Balaban J connectivity index is 1.36. The van der Waals surface area contributed by atoms with Crippen molar-refractivity contribution in [3.05, 3.63) is 57.5 Å². The first-order valence-corrected chi connectivity index (χ1v) is 11.5. The molecule has 0 bridgehead atoms. The molecule has 0 radical (unpaired) electrons. The number of benzene rings is 1. The molecule has 2 saturated heterocycles. The van der Waals surface area contributed by atoms with Gasteiger partial charge in [-0.05, 0) is 41.9 Å². The number of hydrogen-bond donors (Lipinski definition) is 0. The van der Waals surface area contributed by atoms with Gasteiger partial charge >= 0.3 is 0 Å². The van der Waals surface area contributed by atoms with Crippen LogP contribution in [0.15, 0.2) is 41.3 Å². The van der Waals surface area contributed by atoms with Crippen LogP contribution in [0, 0.1) is 0 Å². The smallest absolute Gasteiger partial charge is 0.261 e. The highest BCUT2D eigenvalue weighted by Crippen LogP contribution is 2.45. The molecule has 0 N–H and O–H groups in total. The zero-order valence-corrected chi connectivity index (χ0v) is 19.9. The van der Waals surface area contributed by atoms with Crippen molar-refractivity contribution in [1.82, 2.24) is 19.4 Å². The van der Waals surface area contributed by atoms with Crippen LogP contribution in [-0.4, -0.2) is 61.9 Å². The molecule has 4 atom stereocenters. The molecule has 1 unspecified atom stereocenters. The number of nitrogens with zero attached hydrogens (tertiary/aromatic N) is 4. The Labute approximate surface area is 201 Å². The molecule has 9 nitrogen and oxygen atoms in total. The van der Waals surface area contributed by atoms with E-state index in [9.17, 15) is 9.59 Å². The summed E-state index contributed by atoms with van der Waals surface area (Å²) in [6.07, 6.45) is 0.992. The summed E-state index contributed by atoms with van der Waals surface area (Å²) < 4.78 is 21.2. The zero-order chi connectivity index (χ0) is 23.1. The number of fused-ring (bicyclic) bond motifs is 3. The Kier molecular flexibility index (Phi) is 4.69. The molecular formula is C22H18BrClN4O5. The van der Waals surface area contributed by atoms with Crippen molar-refractivity contribution in [2.75, 3.05) is 6.54 Å². The number of imide groups is 1. The van der Waals surface area contributed by atoms with Gasteiger partial charge < -0.3 is 18.8 Å². The molecule has 0 spiro atoms. The van der Waals surface area contributed by atoms with Crippen molar-refractivity contribution < 1.29 is 23.8 Å². The monoisotopic (exact) mass is 532 g/mol. The molecule has 11 heteroatoms. The van der Waals surface area contributed by atoms with Gasteiger partial charge in [0.1, 0.15) is 35.4 Å². The van der Waals surface area contributed by atoms with E-state index in [1.807, 2.05) is 24.6 Å². The molecule has 2 amide bonds. The van der Waals surface area contributed by atoms with Crippen LogP contribution in [0.5, 0.6) is 0 Å². The van der Waals surface area contributed by atoms with E-state index in [0.717, 1.165) is 0 Å². The molecule has 5 heterocycles. The summed E-state index contributed by atoms with van der Waals surface area (Å²) in [5, 5.41) is 0.966. The first-order chi connectivity index (χ1) is 15.7. The molecular weight excluding hydrogens is 516 g/mol. The average Bonchev–Trinajstić information content (AvgIpc) is 3.45. The summed E-state index contributed by atoms with van der Waals surface area (Å²) in [5.41, 5.74) is 1.36. The van der Waals surface area contributed by atoms with E-state index in [0.29, 0.717) is 31.8 Å². The highest BCUT2D eigenvalue weighted by atomic mass is 79.9. The van der Waals surface area contributed by atoms with Gasteiger partial charge in [-0.2, -0.15) is 0 Å². The van der Waals surface area contributed by atoms with Gasteiger partial charge in [-0.1, -0.05) is 23.7 Å². The number of halogens is 2. The lowest BCUT2D eigenvalue weighted by atomic mass is 10.1. The summed E-state index contributed by atoms with van der Waals surface area (Å²) in [7, 11) is 0. The summed E-state index contributed by atoms with van der Waals surface area (Å²) in [6, 6.07) is 6.79. The van der Waals surface area contributed by atoms with Crippen molar-refractivity contribution in [2.45, 2.75) is 44.2 Å². The standard InChI is InChI=1S/C22H18BrClN4O5/c1-22(2)32-15-13(8-28-19(29)10-5-3-4-6-11(10)20(28)30)31-21(16(15)33-22)27-7-12(23)14-17(24)25-9-26-18(14)27/h3-7,9,13,15-16,21H,8H2,1-2H3/t13-,15-,16-,21?/m1/s1. The van der Waals surface area contributed by atoms with Crippen LogP contribution >= 0.6 is 27.5 Å². The second kappa shape index (κ2) is 7.31. The normalized spacial score (nSPS) is 28.1. The predicted octanol–water partition coefficient (Wildman–Crippen LogP) is 3.56. The Morgan fingerprint density at radius 2 is 1.76 bits per heavy atom. The maximum absolute atomic E-state index is 12.9. The number of amides is 2. The summed E-state index contributed by atoms with van der Waals surface area (Å²) in [5.74, 6) is -1.54. The van der Waals surface area contributed by atoms with Gasteiger partial charge in [-0.3, -0.25) is 14.5 Å². The van der Waals surface area contributed by atoms with E-state index in [2.05, 4.69) is 25.9 Å². The van der Waals surface area contributed by atoms with E-state index in [4.69, 9.17) is 25.8 Å². The third-order valence-corrected chi connectivity index (χ3v) is 7.04. The number of carbonyl (C=O) groups excluding carboxylic acids is 2. The average molecular weight is 534 g/mol. The molecule has 2 aromatic heterocycles. The lowest BCUT2D eigenvalue weighted by molar-refractivity contribution is -0.196. The van der Waals surface area contributed by atoms with E-state index in [-0.39, 0.29) is 18.4 Å². The SMILES string of the molecule is CC1(C)O[C@@H]2[C@@H](CN3C(=O)c4ccccc4C3=O)OC(n3cc(Br)c4c(Cl)ncnc43)[C@@H]2O1. The van der Waals surface area contributed by atoms with Gasteiger partial charge in [0, 0.05) is 10.7 Å². The van der Waals surface area contributed by atoms with Gasteiger partial charge in [0.25, 0.3) is 11.8 Å². The largest absolute Gasteiger partial charge is 0.347 e. The lowest BCUT2D eigenvalue weighted by Gasteiger charge is -2.26. The zero-order valence-electron chi connectivity index (χ0n) is 17.6. The number of aromatic nitrogens is 3. The molecule has 170 valence electrons. The molecule has 6 rings (SSSR count). The van der Waals surface area contributed by atoms with Crippen molar-refractivity contribution in [1.29, 1.82) is 0 Å². The highest BCUT2D eigenvalue weighted by molar-refractivity contribution is 9.10. The molecule has 2 fully saturated rings. The van der Waals surface area contributed by atoms with Gasteiger partial charge in [0.2, 0.25) is 0 Å². The third kappa shape index (κ3) is 3.16. The van der Waals surface area contributed by atoms with Crippen LogP contribution in [-0.2, 0) is 14.2 Å². The van der Waals surface area contributed by atoms with E-state index in [1.165, 1.54) is 11.2 Å². The number of hydrogen-bond acceptors (Lipinski definition) is 7. The van der Waals surface area contributed by atoms with Crippen LogP contribution in [0.3, 0.4) is 0 Å². The molecule has 0 aliphatic carbocycles. The fourth-order valence-electron chi connectivity index (χ4n) is 4.81. The fourth-order valence-corrected chi connectivity index (χ4v) is 5.74. The molecule has 3 aromatic rings. The Hall–Kier alpha value is -2.37. The van der Waals surface area contributed by atoms with Gasteiger partial charge in [-0.25, -0.2) is 9.97 Å². The number of carbonyl (C=O) groups is 2. The van der Waals surface area contributed by atoms with Gasteiger partial charge in [0.05, 0.1) is 23.1 Å². The summed E-state index contributed by atoms with van der Waals surface area (Å²) >= 11 is 9.80. The van der Waals surface area contributed by atoms with Crippen molar-refractivity contribution in [2.24, 2.45) is 0 Å². The molecule has 1 aromatic carbocycles. The van der Waals surface area contributed by atoms with Crippen molar-refractivity contribution >= 4 is 50.4 Å². The van der Waals surface area contributed by atoms with Crippen LogP contribution in [0.2, 0.25) is 5.15 Å². The molecule has 3 aliphatic heterocycles. The minimum absolute atomic E-state index is 0.0412. The third-order valence-electron chi connectivity index (χ3n) is 6.16. The summed E-state index contributed by atoms with van der Waals surface area (Å²) in [4.78, 5) is 35.5. The van der Waals surface area contributed by atoms with Crippen LogP contribution < -0.4 is 0 Å². The van der Waals surface area contributed by atoms with E-state index in [1.54, 1.807) is 24.3 Å². The molecule has 33 heavy (non-hydrogen) atoms. The van der Waals surface area contributed by atoms with Gasteiger partial charge in [0.15, 0.2) is 12.0 Å². The topological polar surface area (TPSA) is 95.8 Å². The van der Waals surface area contributed by atoms with E-state index >= 15 is 0 Å². The van der Waals surface area contributed by atoms with Crippen molar-refractivity contribution in [3.8, 4) is 0 Å². The lowest BCUT2D eigenvalue weighted by Crippen LogP contribution is -2.42. The number of ether oxygens (including phenoxy) is 3. The first kappa shape index (κ1) is 21.2. The van der Waals surface area contributed by atoms with E-state index < -0.39 is 30.3 Å². The minimum Gasteiger partial charge on any atom is -0.347 e. The quantitative estimate of drug-likeness (QED) is 0.375. The van der Waals surface area contributed by atoms with Crippen molar-refractivity contribution in [3.63, 3.8) is 0 Å². The Bertz CT molecular complexity index is 1290. The van der Waals surface area contributed by atoms with Crippen LogP contribution in [0.25, 0.3) is 11.0 Å². The van der Waals surface area contributed by atoms with Gasteiger partial charge in [-0.15, -0.1) is 0 Å². The summed E-state index contributed by atoms with van der Waals surface area (Å²) in [6.45, 7) is 3.69. The minimum atomic E-state index is -0.857. The maximum Gasteiger partial charge on any atom is 0.261 e. The molecule has 3 aliphatic rings. The van der Waals surface area contributed by atoms with Crippen LogP contribution in [0.4, 0.5) is 0 Å². The Morgan fingerprint density at radius 1 is 1.09 bits per heavy atom. The Morgan fingerprint density at radius 3 is 2.45 bits per heavy atom. The van der Waals surface area contributed by atoms with Crippen LogP contribution in [0.1, 0.15) is 40.8 Å².